The first-order chi connectivity index (χ1) is 11.8. The molecule has 0 bridgehead atoms. The Morgan fingerprint density at radius 2 is 1.46 bits per heavy atom. The molecule has 0 aliphatic heterocycles. The van der Waals surface area contributed by atoms with Gasteiger partial charge in [0, 0.05) is 5.56 Å². The minimum atomic E-state index is 0.719. The summed E-state index contributed by atoms with van der Waals surface area (Å²) in [4.78, 5) is 10.8. The van der Waals surface area contributed by atoms with Gasteiger partial charge >= 0.3 is 0 Å². The Bertz CT molecular complexity index is 658. The summed E-state index contributed by atoms with van der Waals surface area (Å²) in [5, 5.41) is 0. The lowest BCUT2D eigenvalue weighted by molar-refractivity contribution is 0.112. The lowest BCUT2D eigenvalue weighted by Gasteiger charge is -2.28. The molecule has 0 N–H and O–H groups in total. The Morgan fingerprint density at radius 1 is 0.875 bits per heavy atom. The summed E-state index contributed by atoms with van der Waals surface area (Å²) in [6.45, 7) is 3.83. The lowest BCUT2D eigenvalue weighted by Crippen LogP contribution is -2.13. The normalized spacial score (nSPS) is 20.5. The van der Waals surface area contributed by atoms with Crippen LogP contribution in [0.2, 0.25) is 0 Å². The fourth-order valence-electron chi connectivity index (χ4n) is 3.84. The van der Waals surface area contributed by atoms with Crippen LogP contribution in [0.15, 0.2) is 61.2 Å². The van der Waals surface area contributed by atoms with E-state index in [4.69, 9.17) is 0 Å². The van der Waals surface area contributed by atoms with E-state index in [2.05, 4.69) is 30.8 Å². The summed E-state index contributed by atoms with van der Waals surface area (Å²) >= 11 is 0. The van der Waals surface area contributed by atoms with Crippen molar-refractivity contribution >= 4 is 6.29 Å². The summed E-state index contributed by atoms with van der Waals surface area (Å²) in [7, 11) is 0. The maximum Gasteiger partial charge on any atom is 0.150 e. The molecule has 0 saturated heterocycles. The topological polar surface area (TPSA) is 17.1 Å². The van der Waals surface area contributed by atoms with Gasteiger partial charge in [-0.15, -0.1) is 6.58 Å². The molecular weight excluding hydrogens is 292 g/mol. The quantitative estimate of drug-likeness (QED) is 0.444. The zero-order valence-electron chi connectivity index (χ0n) is 14.3. The first-order valence-corrected chi connectivity index (χ1v) is 9.06. The van der Waals surface area contributed by atoms with Crippen LogP contribution in [0.1, 0.15) is 60.4 Å². The van der Waals surface area contributed by atoms with Crippen molar-refractivity contribution in [3.63, 3.8) is 0 Å². The van der Waals surface area contributed by atoms with Crippen LogP contribution in [-0.4, -0.2) is 6.29 Å². The van der Waals surface area contributed by atoms with E-state index in [-0.39, 0.29) is 0 Å². The largest absolute Gasteiger partial charge is 0.298 e. The number of benzene rings is 2. The maximum atomic E-state index is 10.8. The van der Waals surface area contributed by atoms with Crippen LogP contribution in [0, 0.1) is 5.92 Å². The van der Waals surface area contributed by atoms with Crippen molar-refractivity contribution in [2.24, 2.45) is 5.92 Å². The van der Waals surface area contributed by atoms with Crippen LogP contribution in [-0.2, 0) is 0 Å². The van der Waals surface area contributed by atoms with Gasteiger partial charge in [0.05, 0.1) is 0 Å². The fraction of sp³-hybridized carbons (Fsp3) is 0.348. The molecule has 0 aromatic heterocycles. The maximum absolute atomic E-state index is 10.8. The van der Waals surface area contributed by atoms with Gasteiger partial charge in [-0.1, -0.05) is 54.6 Å². The van der Waals surface area contributed by atoms with Crippen LogP contribution in [0.4, 0.5) is 0 Å². The molecule has 24 heavy (non-hydrogen) atoms. The second-order valence-corrected chi connectivity index (χ2v) is 6.95. The number of carbonyl (C=O) groups is 1. The van der Waals surface area contributed by atoms with Crippen molar-refractivity contribution in [1.29, 1.82) is 0 Å². The van der Waals surface area contributed by atoms with Gasteiger partial charge in [0.1, 0.15) is 6.29 Å². The molecular formula is C23H26O. The molecule has 0 spiro atoms. The number of allylic oxidation sites excluding steroid dienone is 1. The minimum Gasteiger partial charge on any atom is -0.298 e. The number of rotatable bonds is 6. The smallest absolute Gasteiger partial charge is 0.150 e. The number of aldehydes is 1. The third-order valence-corrected chi connectivity index (χ3v) is 5.39. The van der Waals surface area contributed by atoms with Gasteiger partial charge < -0.3 is 0 Å². The van der Waals surface area contributed by atoms with E-state index >= 15 is 0 Å². The molecule has 1 nitrogen and oxygen atoms in total. The van der Waals surface area contributed by atoms with E-state index in [0.29, 0.717) is 0 Å². The van der Waals surface area contributed by atoms with Gasteiger partial charge in [0.15, 0.2) is 0 Å². The minimum absolute atomic E-state index is 0.719. The van der Waals surface area contributed by atoms with Gasteiger partial charge in [-0.25, -0.2) is 0 Å². The number of hydrogen-bond donors (Lipinski definition) is 0. The molecule has 2 aromatic rings. The van der Waals surface area contributed by atoms with Crippen LogP contribution in [0.3, 0.4) is 0 Å². The molecule has 1 aliphatic carbocycles. The summed E-state index contributed by atoms with van der Waals surface area (Å²) in [6.07, 6.45) is 10.7. The Labute approximate surface area is 145 Å². The van der Waals surface area contributed by atoms with E-state index in [0.717, 1.165) is 30.1 Å². The number of carbonyl (C=O) groups excluding carboxylic acids is 1. The average molecular weight is 318 g/mol. The highest BCUT2D eigenvalue weighted by Gasteiger charge is 2.21. The Morgan fingerprint density at radius 3 is 2.00 bits per heavy atom. The van der Waals surface area contributed by atoms with Crippen molar-refractivity contribution in [2.75, 3.05) is 0 Å². The van der Waals surface area contributed by atoms with Crippen molar-refractivity contribution in [3.8, 4) is 11.1 Å². The monoisotopic (exact) mass is 318 g/mol. The summed E-state index contributed by atoms with van der Waals surface area (Å²) in [5.74, 6) is 1.62. The highest BCUT2D eigenvalue weighted by molar-refractivity contribution is 5.76. The lowest BCUT2D eigenvalue weighted by atomic mass is 9.77. The summed E-state index contributed by atoms with van der Waals surface area (Å²) in [6, 6.07) is 16.8. The van der Waals surface area contributed by atoms with E-state index in [1.165, 1.54) is 48.8 Å². The molecule has 0 unspecified atom stereocenters. The van der Waals surface area contributed by atoms with Gasteiger partial charge in [-0.2, -0.15) is 0 Å². The van der Waals surface area contributed by atoms with E-state index in [9.17, 15) is 4.79 Å². The Balaban J connectivity index is 1.62. The number of hydrogen-bond acceptors (Lipinski definition) is 1. The van der Waals surface area contributed by atoms with Gasteiger partial charge in [0.25, 0.3) is 0 Å². The molecule has 3 rings (SSSR count). The van der Waals surface area contributed by atoms with E-state index in [1.54, 1.807) is 0 Å². The summed E-state index contributed by atoms with van der Waals surface area (Å²) < 4.78 is 0. The van der Waals surface area contributed by atoms with Crippen LogP contribution in [0.5, 0.6) is 0 Å². The third kappa shape index (κ3) is 4.03. The van der Waals surface area contributed by atoms with Crippen LogP contribution in [0.25, 0.3) is 11.1 Å². The molecule has 1 saturated carbocycles. The zero-order valence-corrected chi connectivity index (χ0v) is 14.3. The van der Waals surface area contributed by atoms with E-state index in [1.807, 2.05) is 30.3 Å². The van der Waals surface area contributed by atoms with Gasteiger partial charge in [-0.3, -0.25) is 4.79 Å². The van der Waals surface area contributed by atoms with Crippen molar-refractivity contribution in [3.05, 3.63) is 72.3 Å². The Kier molecular flexibility index (Phi) is 5.63. The predicted molar refractivity (Wildman–Crippen MR) is 101 cm³/mol. The first kappa shape index (κ1) is 16.7. The fourth-order valence-corrected chi connectivity index (χ4v) is 3.84. The summed E-state index contributed by atoms with van der Waals surface area (Å²) in [5.41, 5.74) is 4.59. The van der Waals surface area contributed by atoms with Crippen molar-refractivity contribution < 1.29 is 4.79 Å². The van der Waals surface area contributed by atoms with Gasteiger partial charge in [0.2, 0.25) is 0 Å². The second kappa shape index (κ2) is 8.10. The van der Waals surface area contributed by atoms with Crippen LogP contribution < -0.4 is 0 Å². The SMILES string of the molecule is C=CCCC1CCC(c2ccc(-c3ccc(C=O)cc3)cc2)CC1. The van der Waals surface area contributed by atoms with Crippen molar-refractivity contribution in [1.82, 2.24) is 0 Å². The molecule has 1 aliphatic rings. The molecule has 1 heteroatoms. The highest BCUT2D eigenvalue weighted by atomic mass is 16.1. The average Bonchev–Trinajstić information content (AvgIpc) is 2.67. The first-order valence-electron chi connectivity index (χ1n) is 9.06. The molecule has 1 fully saturated rings. The molecule has 0 radical (unpaired) electrons. The van der Waals surface area contributed by atoms with E-state index < -0.39 is 0 Å². The zero-order chi connectivity index (χ0) is 16.8. The highest BCUT2D eigenvalue weighted by Crippen LogP contribution is 2.38. The molecule has 0 heterocycles. The van der Waals surface area contributed by atoms with Crippen LogP contribution >= 0.6 is 0 Å². The standard InChI is InChI=1S/C23H26O/c1-2-3-4-18-5-9-20(10-6-18)22-13-15-23(16-14-22)21-11-7-19(17-24)8-12-21/h2,7-8,11-18,20H,1,3-6,9-10H2. The third-order valence-electron chi connectivity index (χ3n) is 5.39. The van der Waals surface area contributed by atoms with Gasteiger partial charge in [-0.05, 0) is 67.1 Å². The molecule has 124 valence electrons. The molecule has 0 atom stereocenters. The molecule has 0 amide bonds. The Hall–Kier alpha value is -2.15. The predicted octanol–water partition coefficient (Wildman–Crippen LogP) is 6.41. The second-order valence-electron chi connectivity index (χ2n) is 6.95. The molecule has 2 aromatic carbocycles. The van der Waals surface area contributed by atoms with Crippen molar-refractivity contribution in [2.45, 2.75) is 44.4 Å².